The minimum atomic E-state index is -6.00. The predicted molar refractivity (Wildman–Crippen MR) is 63.3 cm³/mol. The zero-order valence-electron chi connectivity index (χ0n) is 10.9. The Morgan fingerprint density at radius 1 is 0.941 bits per heavy atom. The summed E-state index contributed by atoms with van der Waals surface area (Å²) in [6.45, 7) is 4.61. The molecule has 2 nitrogen and oxygen atoms in total. The van der Waals surface area contributed by atoms with Crippen LogP contribution in [0.4, 0.5) is 17.3 Å². The van der Waals surface area contributed by atoms with Gasteiger partial charge in [0.25, 0.3) is 0 Å². The van der Waals surface area contributed by atoms with E-state index in [1.165, 1.54) is 32.2 Å². The summed E-state index contributed by atoms with van der Waals surface area (Å²) in [6, 6.07) is 0. The van der Waals surface area contributed by atoms with Crippen molar-refractivity contribution in [3.63, 3.8) is 0 Å². The molecule has 0 aliphatic heterocycles. The highest BCUT2D eigenvalue weighted by atomic mass is 19.5. The fourth-order valence-corrected chi connectivity index (χ4v) is 1.35. The normalized spacial score (nSPS) is 12.0. The van der Waals surface area contributed by atoms with Gasteiger partial charge in [-0.25, -0.2) is 0 Å². The molecular weight excluding hydrogens is 237 g/mol. The molecular formula is C10H24BF4NO. The number of rotatable bonds is 7. The van der Waals surface area contributed by atoms with E-state index in [1.54, 1.807) is 0 Å². The molecule has 0 unspecified atom stereocenters. The van der Waals surface area contributed by atoms with Crippen molar-refractivity contribution in [2.75, 3.05) is 33.8 Å². The second kappa shape index (κ2) is 9.71. The van der Waals surface area contributed by atoms with Crippen molar-refractivity contribution in [2.24, 2.45) is 0 Å². The molecule has 7 heteroatoms. The molecule has 17 heavy (non-hydrogen) atoms. The minimum absolute atomic E-state index is 0.306. The molecule has 0 aromatic carbocycles. The van der Waals surface area contributed by atoms with Crippen LogP contribution in [0, 0.1) is 0 Å². The van der Waals surface area contributed by atoms with Gasteiger partial charge in [0.2, 0.25) is 0 Å². The molecule has 0 aliphatic carbocycles. The smallest absolute Gasteiger partial charge is 0.418 e. The first-order valence-electron chi connectivity index (χ1n) is 5.92. The fourth-order valence-electron chi connectivity index (χ4n) is 1.35. The number of halogens is 4. The SMILES string of the molecule is CCCCCC[N+](C)(C)CCO.F[B-](F)(F)F. The first-order valence-corrected chi connectivity index (χ1v) is 5.92. The summed E-state index contributed by atoms with van der Waals surface area (Å²) < 4.78 is 40.0. The molecule has 0 atom stereocenters. The Balaban J connectivity index is 0. The highest BCUT2D eigenvalue weighted by Crippen LogP contribution is 2.06. The van der Waals surface area contributed by atoms with Gasteiger partial charge in [0.05, 0.1) is 27.2 Å². The lowest BCUT2D eigenvalue weighted by atomic mass is 10.2. The number of aliphatic hydroxyl groups excluding tert-OH is 1. The first kappa shape index (κ1) is 19.1. The van der Waals surface area contributed by atoms with Crippen molar-refractivity contribution >= 4 is 7.25 Å². The van der Waals surface area contributed by atoms with E-state index >= 15 is 0 Å². The molecule has 0 aromatic heterocycles. The van der Waals surface area contributed by atoms with E-state index in [-0.39, 0.29) is 0 Å². The van der Waals surface area contributed by atoms with Crippen molar-refractivity contribution < 1.29 is 26.9 Å². The molecule has 1 N–H and O–H groups in total. The van der Waals surface area contributed by atoms with E-state index < -0.39 is 7.25 Å². The van der Waals surface area contributed by atoms with Gasteiger partial charge >= 0.3 is 7.25 Å². The van der Waals surface area contributed by atoms with Crippen LogP contribution in [0.2, 0.25) is 0 Å². The van der Waals surface area contributed by atoms with Crippen LogP contribution < -0.4 is 0 Å². The predicted octanol–water partition coefficient (Wildman–Crippen LogP) is 2.94. The number of unbranched alkanes of at least 4 members (excludes halogenated alkanes) is 3. The van der Waals surface area contributed by atoms with Crippen molar-refractivity contribution in [2.45, 2.75) is 32.6 Å². The summed E-state index contributed by atoms with van der Waals surface area (Å²) in [5.74, 6) is 0. The summed E-state index contributed by atoms with van der Waals surface area (Å²) in [5, 5.41) is 8.79. The summed E-state index contributed by atoms with van der Waals surface area (Å²) >= 11 is 0. The maximum Gasteiger partial charge on any atom is 0.673 e. The standard InChI is InChI=1S/C10H24NO.BF4/c1-4-5-6-7-8-11(2,3)9-10-12;2-1(3,4)5/h12H,4-10H2,1-3H3;/q+1;-1. The van der Waals surface area contributed by atoms with Gasteiger partial charge < -0.3 is 26.9 Å². The fraction of sp³-hybridized carbons (Fsp3) is 1.00. The molecule has 0 radical (unpaired) electrons. The molecule has 0 bridgehead atoms. The van der Waals surface area contributed by atoms with Gasteiger partial charge in [-0.2, -0.15) is 0 Å². The second-order valence-corrected chi connectivity index (χ2v) is 4.66. The zero-order valence-corrected chi connectivity index (χ0v) is 10.9. The van der Waals surface area contributed by atoms with E-state index in [1.807, 2.05) is 0 Å². The number of likely N-dealkylation sites (N-methyl/N-ethyl adjacent to an activating group) is 1. The lowest BCUT2D eigenvalue weighted by molar-refractivity contribution is -0.890. The first-order chi connectivity index (χ1) is 7.62. The molecule has 0 amide bonds. The highest BCUT2D eigenvalue weighted by molar-refractivity contribution is 6.50. The van der Waals surface area contributed by atoms with E-state index in [9.17, 15) is 17.3 Å². The van der Waals surface area contributed by atoms with Gasteiger partial charge in [0, 0.05) is 0 Å². The number of aliphatic hydroxyl groups is 1. The van der Waals surface area contributed by atoms with Crippen molar-refractivity contribution in [1.82, 2.24) is 0 Å². The molecule has 0 spiro atoms. The quantitative estimate of drug-likeness (QED) is 0.323. The van der Waals surface area contributed by atoms with Crippen LogP contribution in [0.25, 0.3) is 0 Å². The van der Waals surface area contributed by atoms with Crippen LogP contribution in [-0.2, 0) is 0 Å². The molecule has 0 saturated heterocycles. The third-order valence-electron chi connectivity index (χ3n) is 2.32. The average Bonchev–Trinajstić information content (AvgIpc) is 2.09. The van der Waals surface area contributed by atoms with E-state index in [0.29, 0.717) is 6.61 Å². The van der Waals surface area contributed by atoms with Crippen LogP contribution in [-0.4, -0.2) is 50.6 Å². The molecule has 0 aromatic rings. The molecule has 0 heterocycles. The zero-order chi connectivity index (χ0) is 13.9. The van der Waals surface area contributed by atoms with Crippen LogP contribution in [0.1, 0.15) is 32.6 Å². The Bertz CT molecular complexity index is 170. The second-order valence-electron chi connectivity index (χ2n) is 4.66. The molecule has 0 fully saturated rings. The van der Waals surface area contributed by atoms with Crippen molar-refractivity contribution in [3.8, 4) is 0 Å². The van der Waals surface area contributed by atoms with Gasteiger partial charge in [0.15, 0.2) is 0 Å². The minimum Gasteiger partial charge on any atom is -0.418 e. The Kier molecular flexibility index (Phi) is 10.9. The summed E-state index contributed by atoms with van der Waals surface area (Å²) in [5.41, 5.74) is 0. The average molecular weight is 261 g/mol. The van der Waals surface area contributed by atoms with Gasteiger partial charge in [0.1, 0.15) is 6.54 Å². The van der Waals surface area contributed by atoms with Crippen LogP contribution in [0.3, 0.4) is 0 Å². The van der Waals surface area contributed by atoms with E-state index in [2.05, 4.69) is 21.0 Å². The summed E-state index contributed by atoms with van der Waals surface area (Å²) in [6.07, 6.45) is 5.27. The Morgan fingerprint density at radius 2 is 1.41 bits per heavy atom. The number of quaternary nitrogens is 1. The number of nitrogens with zero attached hydrogens (tertiary/aromatic N) is 1. The van der Waals surface area contributed by atoms with Crippen LogP contribution in [0.5, 0.6) is 0 Å². The van der Waals surface area contributed by atoms with Gasteiger partial charge in [-0.3, -0.25) is 0 Å². The van der Waals surface area contributed by atoms with Crippen molar-refractivity contribution in [1.29, 1.82) is 0 Å². The largest absolute Gasteiger partial charge is 0.673 e. The third kappa shape index (κ3) is 25.7. The van der Waals surface area contributed by atoms with E-state index in [4.69, 9.17) is 5.11 Å². The maximum atomic E-state index is 9.75. The van der Waals surface area contributed by atoms with Crippen LogP contribution >= 0.6 is 0 Å². The van der Waals surface area contributed by atoms with Gasteiger partial charge in [-0.05, 0) is 12.8 Å². The maximum absolute atomic E-state index is 9.75. The molecule has 0 aliphatic rings. The third-order valence-corrected chi connectivity index (χ3v) is 2.32. The molecule has 0 rings (SSSR count). The number of hydrogen-bond donors (Lipinski definition) is 1. The van der Waals surface area contributed by atoms with Gasteiger partial charge in [-0.1, -0.05) is 19.8 Å². The Hall–Kier alpha value is -0.295. The Morgan fingerprint density at radius 3 is 1.76 bits per heavy atom. The summed E-state index contributed by atoms with van der Waals surface area (Å²) in [4.78, 5) is 0. The molecule has 0 saturated carbocycles. The number of hydrogen-bond acceptors (Lipinski definition) is 1. The lowest BCUT2D eigenvalue weighted by Gasteiger charge is -2.28. The van der Waals surface area contributed by atoms with E-state index in [0.717, 1.165) is 11.0 Å². The summed E-state index contributed by atoms with van der Waals surface area (Å²) in [7, 11) is -1.63. The molecule has 106 valence electrons. The highest BCUT2D eigenvalue weighted by Gasteiger charge is 2.20. The lowest BCUT2D eigenvalue weighted by Crippen LogP contribution is -2.42. The Labute approximate surface area is 101 Å². The van der Waals surface area contributed by atoms with Crippen LogP contribution in [0.15, 0.2) is 0 Å². The topological polar surface area (TPSA) is 20.2 Å². The van der Waals surface area contributed by atoms with Gasteiger partial charge in [-0.15, -0.1) is 0 Å². The van der Waals surface area contributed by atoms with Crippen molar-refractivity contribution in [3.05, 3.63) is 0 Å². The monoisotopic (exact) mass is 261 g/mol.